The van der Waals surface area contributed by atoms with Crippen LogP contribution in [-0.2, 0) is 20.5 Å². The molecule has 0 amide bonds. The normalized spacial score (nSPS) is 13.0. The maximum atomic E-state index is 11.9. The molecule has 0 aliphatic rings. The molecule has 1 atom stereocenters. The first kappa shape index (κ1) is 14.1. The maximum absolute atomic E-state index is 11.9. The summed E-state index contributed by atoms with van der Waals surface area (Å²) < 4.78 is 3.23. The molecule has 2 heterocycles. The van der Waals surface area contributed by atoms with Gasteiger partial charge < -0.3 is 5.11 Å². The molecule has 0 bridgehead atoms. The summed E-state index contributed by atoms with van der Waals surface area (Å²) in [5.41, 5.74) is 2.47. The van der Waals surface area contributed by atoms with E-state index in [4.69, 9.17) is 0 Å². The predicted octanol–water partition coefficient (Wildman–Crippen LogP) is 2.58. The molecular formula is C16H18N2O2S. The molecule has 0 aliphatic carbocycles. The monoisotopic (exact) mass is 302 g/mol. The molecule has 4 nitrogen and oxygen atoms in total. The second-order valence-corrected chi connectivity index (χ2v) is 6.41. The molecule has 3 aromatic rings. The van der Waals surface area contributed by atoms with Gasteiger partial charge in [-0.3, -0.25) is 9.13 Å². The smallest absolute Gasteiger partial charge is 0.328 e. The number of hydrogen-bond donors (Lipinski definition) is 1. The van der Waals surface area contributed by atoms with Crippen molar-refractivity contribution in [3.8, 4) is 0 Å². The number of imidazole rings is 1. The van der Waals surface area contributed by atoms with Gasteiger partial charge in [0.1, 0.15) is 6.10 Å². The van der Waals surface area contributed by atoms with Gasteiger partial charge in [0.15, 0.2) is 0 Å². The van der Waals surface area contributed by atoms with Gasteiger partial charge in [0.2, 0.25) is 0 Å². The molecule has 0 radical (unpaired) electrons. The molecule has 1 N–H and O–H groups in total. The highest BCUT2D eigenvalue weighted by atomic mass is 32.1. The lowest BCUT2D eigenvalue weighted by molar-refractivity contribution is 0.224. The number of benzene rings is 1. The zero-order valence-corrected chi connectivity index (χ0v) is 13.1. The van der Waals surface area contributed by atoms with Crippen molar-refractivity contribution in [2.75, 3.05) is 0 Å². The zero-order valence-electron chi connectivity index (χ0n) is 12.3. The minimum absolute atomic E-state index is 0.0546. The summed E-state index contributed by atoms with van der Waals surface area (Å²) in [6.45, 7) is 2.10. The van der Waals surface area contributed by atoms with Crippen LogP contribution in [0.4, 0.5) is 0 Å². The van der Waals surface area contributed by atoms with Gasteiger partial charge >= 0.3 is 5.69 Å². The number of fused-ring (bicyclic) bond motifs is 1. The molecule has 0 saturated carbocycles. The van der Waals surface area contributed by atoms with E-state index in [1.165, 1.54) is 4.88 Å². The lowest BCUT2D eigenvalue weighted by Gasteiger charge is -2.09. The fourth-order valence-corrected chi connectivity index (χ4v) is 3.56. The number of rotatable bonds is 3. The Balaban J connectivity index is 2.08. The van der Waals surface area contributed by atoms with Crippen LogP contribution in [0.25, 0.3) is 11.0 Å². The van der Waals surface area contributed by atoms with Crippen LogP contribution in [0.15, 0.2) is 35.1 Å². The minimum Gasteiger partial charge on any atom is -0.383 e. The molecule has 0 fully saturated rings. The van der Waals surface area contributed by atoms with E-state index in [1.54, 1.807) is 34.6 Å². The average molecular weight is 302 g/mol. The topological polar surface area (TPSA) is 47.2 Å². The lowest BCUT2D eigenvalue weighted by atomic mass is 10.1. The molecule has 0 saturated heterocycles. The lowest BCUT2D eigenvalue weighted by Crippen LogP contribution is -2.19. The second kappa shape index (κ2) is 5.16. The third-order valence-corrected chi connectivity index (χ3v) is 5.19. The first-order valence-corrected chi connectivity index (χ1v) is 7.76. The molecular weight excluding hydrogens is 284 g/mol. The summed E-state index contributed by atoms with van der Waals surface area (Å²) in [5, 5.41) is 10.5. The van der Waals surface area contributed by atoms with Crippen LogP contribution in [0.1, 0.15) is 28.3 Å². The highest BCUT2D eigenvalue weighted by Crippen LogP contribution is 2.30. The van der Waals surface area contributed by atoms with Crippen molar-refractivity contribution in [2.45, 2.75) is 19.4 Å². The second-order valence-electron chi connectivity index (χ2n) is 5.21. The molecule has 5 heteroatoms. The number of aromatic nitrogens is 2. The zero-order chi connectivity index (χ0) is 15.1. The van der Waals surface area contributed by atoms with Crippen molar-refractivity contribution in [3.05, 3.63) is 56.1 Å². The summed E-state index contributed by atoms with van der Waals surface area (Å²) >= 11 is 1.63. The molecule has 3 rings (SSSR count). The van der Waals surface area contributed by atoms with Crippen molar-refractivity contribution >= 4 is 22.4 Å². The van der Waals surface area contributed by atoms with Crippen LogP contribution < -0.4 is 5.69 Å². The van der Waals surface area contributed by atoms with E-state index >= 15 is 0 Å². The van der Waals surface area contributed by atoms with Crippen LogP contribution in [0.5, 0.6) is 0 Å². The highest BCUT2D eigenvalue weighted by molar-refractivity contribution is 7.12. The van der Waals surface area contributed by atoms with Crippen molar-refractivity contribution in [1.82, 2.24) is 9.13 Å². The molecule has 0 aliphatic heterocycles. The standard InChI is InChI=1S/C16H18N2O2S/c1-4-11-6-8-14(21-11)15(19)10-5-7-12-13(9-10)18(3)16(20)17(12)2/h5-9,15,19H,4H2,1-3H3. The SMILES string of the molecule is CCc1ccc(C(O)c2ccc3c(c2)n(C)c(=O)n3C)s1. The minimum atomic E-state index is -0.644. The Bertz CT molecular complexity index is 857. The van der Waals surface area contributed by atoms with E-state index in [9.17, 15) is 9.90 Å². The van der Waals surface area contributed by atoms with Gasteiger partial charge in [-0.1, -0.05) is 13.0 Å². The summed E-state index contributed by atoms with van der Waals surface area (Å²) in [4.78, 5) is 14.1. The maximum Gasteiger partial charge on any atom is 0.328 e. The fourth-order valence-electron chi connectivity index (χ4n) is 2.59. The van der Waals surface area contributed by atoms with Gasteiger partial charge in [-0.05, 0) is 36.2 Å². The van der Waals surface area contributed by atoms with E-state index in [2.05, 4.69) is 13.0 Å². The van der Waals surface area contributed by atoms with E-state index in [-0.39, 0.29) is 5.69 Å². The van der Waals surface area contributed by atoms with Gasteiger partial charge in [0.05, 0.1) is 11.0 Å². The Morgan fingerprint density at radius 3 is 2.52 bits per heavy atom. The first-order valence-electron chi connectivity index (χ1n) is 6.95. The third kappa shape index (κ3) is 2.22. The van der Waals surface area contributed by atoms with Gasteiger partial charge in [-0.2, -0.15) is 0 Å². The van der Waals surface area contributed by atoms with Gasteiger partial charge in [-0.25, -0.2) is 4.79 Å². The van der Waals surface area contributed by atoms with Gasteiger partial charge in [0.25, 0.3) is 0 Å². The quantitative estimate of drug-likeness (QED) is 0.808. The van der Waals surface area contributed by atoms with E-state index < -0.39 is 6.10 Å². The van der Waals surface area contributed by atoms with Crippen LogP contribution in [0.2, 0.25) is 0 Å². The summed E-state index contributed by atoms with van der Waals surface area (Å²) in [6.07, 6.45) is 0.332. The molecule has 1 aromatic carbocycles. The van der Waals surface area contributed by atoms with Crippen molar-refractivity contribution in [2.24, 2.45) is 14.1 Å². The van der Waals surface area contributed by atoms with Gasteiger partial charge in [0, 0.05) is 23.8 Å². The largest absolute Gasteiger partial charge is 0.383 e. The summed E-state index contributed by atoms with van der Waals surface area (Å²) in [5.74, 6) is 0. The van der Waals surface area contributed by atoms with E-state index in [0.29, 0.717) is 0 Å². The molecule has 2 aromatic heterocycles. The van der Waals surface area contributed by atoms with Crippen LogP contribution in [-0.4, -0.2) is 14.2 Å². The van der Waals surface area contributed by atoms with Crippen molar-refractivity contribution in [3.63, 3.8) is 0 Å². The van der Waals surface area contributed by atoms with Crippen LogP contribution in [0, 0.1) is 0 Å². The molecule has 1 unspecified atom stereocenters. The summed E-state index contributed by atoms with van der Waals surface area (Å²) in [7, 11) is 3.51. The van der Waals surface area contributed by atoms with Crippen LogP contribution >= 0.6 is 11.3 Å². The molecule has 0 spiro atoms. The Hall–Kier alpha value is -1.85. The Labute approximate surface area is 126 Å². The predicted molar refractivity (Wildman–Crippen MR) is 85.9 cm³/mol. The highest BCUT2D eigenvalue weighted by Gasteiger charge is 2.15. The Morgan fingerprint density at radius 2 is 1.86 bits per heavy atom. The van der Waals surface area contributed by atoms with Crippen LogP contribution in [0.3, 0.4) is 0 Å². The number of aliphatic hydroxyl groups excluding tert-OH is 1. The van der Waals surface area contributed by atoms with Gasteiger partial charge in [-0.15, -0.1) is 11.3 Å². The molecule has 21 heavy (non-hydrogen) atoms. The Kier molecular flexibility index (Phi) is 3.47. The number of hydrogen-bond acceptors (Lipinski definition) is 3. The van der Waals surface area contributed by atoms with Crippen molar-refractivity contribution < 1.29 is 5.11 Å². The number of aryl methyl sites for hydroxylation is 3. The summed E-state index contributed by atoms with van der Waals surface area (Å²) in [6, 6.07) is 9.70. The van der Waals surface area contributed by atoms with E-state index in [0.717, 1.165) is 27.9 Å². The third-order valence-electron chi connectivity index (χ3n) is 3.91. The number of nitrogens with zero attached hydrogens (tertiary/aromatic N) is 2. The molecule has 110 valence electrons. The number of thiophene rings is 1. The first-order chi connectivity index (χ1) is 10.0. The Morgan fingerprint density at radius 1 is 1.14 bits per heavy atom. The van der Waals surface area contributed by atoms with E-state index in [1.807, 2.05) is 24.3 Å². The average Bonchev–Trinajstić information content (AvgIpc) is 3.07. The fraction of sp³-hybridized carbons (Fsp3) is 0.312. The number of aliphatic hydroxyl groups is 1. The van der Waals surface area contributed by atoms with Crippen molar-refractivity contribution in [1.29, 1.82) is 0 Å².